The van der Waals surface area contributed by atoms with Crippen LogP contribution in [0.15, 0.2) is 24.3 Å². The predicted molar refractivity (Wildman–Crippen MR) is 87.7 cm³/mol. The maximum atomic E-state index is 12.4. The van der Waals surface area contributed by atoms with Gasteiger partial charge in [0.05, 0.1) is 19.2 Å². The quantitative estimate of drug-likeness (QED) is 0.901. The largest absolute Gasteiger partial charge is 0.370 e. The molecule has 1 aliphatic heterocycles. The molecule has 1 aliphatic rings. The van der Waals surface area contributed by atoms with Crippen LogP contribution in [0.3, 0.4) is 0 Å². The number of carbonyl (C=O) groups excluding carboxylic acids is 1. The van der Waals surface area contributed by atoms with E-state index < -0.39 is 6.04 Å². The fourth-order valence-corrected chi connectivity index (χ4v) is 3.12. The summed E-state index contributed by atoms with van der Waals surface area (Å²) in [7, 11) is 0. The van der Waals surface area contributed by atoms with Crippen molar-refractivity contribution in [2.75, 3.05) is 31.7 Å². The van der Waals surface area contributed by atoms with Crippen LogP contribution in [-0.4, -0.2) is 48.6 Å². The van der Waals surface area contributed by atoms with Gasteiger partial charge in [0.15, 0.2) is 0 Å². The van der Waals surface area contributed by atoms with Crippen molar-refractivity contribution < 1.29 is 9.53 Å². The fourth-order valence-electron chi connectivity index (χ4n) is 2.38. The molecule has 0 bridgehead atoms. The lowest BCUT2D eigenvalue weighted by Crippen LogP contribution is -2.49. The number of thioether (sulfide) groups is 1. The second kappa shape index (κ2) is 8.03. The third kappa shape index (κ3) is 4.36. The van der Waals surface area contributed by atoms with Gasteiger partial charge < -0.3 is 15.4 Å². The number of benzene rings is 1. The van der Waals surface area contributed by atoms with Gasteiger partial charge in [-0.2, -0.15) is 11.8 Å². The summed E-state index contributed by atoms with van der Waals surface area (Å²) in [6, 6.07) is 7.16. The molecule has 0 spiro atoms. The number of nitrogens with two attached hydrogens (primary N) is 1. The third-order valence-corrected chi connectivity index (χ3v) is 4.57. The van der Waals surface area contributed by atoms with E-state index in [4.69, 9.17) is 22.1 Å². The van der Waals surface area contributed by atoms with Crippen LogP contribution >= 0.6 is 23.4 Å². The Morgan fingerprint density at radius 2 is 2.33 bits per heavy atom. The lowest BCUT2D eigenvalue weighted by Gasteiger charge is -2.34. The van der Waals surface area contributed by atoms with Gasteiger partial charge in [-0.3, -0.25) is 4.79 Å². The molecule has 1 fully saturated rings. The lowest BCUT2D eigenvalue weighted by molar-refractivity contribution is -0.140. The van der Waals surface area contributed by atoms with E-state index in [-0.39, 0.29) is 12.0 Å². The highest BCUT2D eigenvalue weighted by molar-refractivity contribution is 7.98. The summed E-state index contributed by atoms with van der Waals surface area (Å²) in [5, 5.41) is 0.670. The maximum Gasteiger partial charge on any atom is 0.239 e. The highest BCUT2D eigenvalue weighted by Gasteiger charge is 2.29. The first-order valence-corrected chi connectivity index (χ1v) is 8.80. The Kier molecular flexibility index (Phi) is 6.36. The smallest absolute Gasteiger partial charge is 0.239 e. The van der Waals surface area contributed by atoms with Crippen LogP contribution < -0.4 is 5.73 Å². The van der Waals surface area contributed by atoms with Crippen molar-refractivity contribution in [3.05, 3.63) is 34.9 Å². The molecular formula is C15H21ClN2O2S. The molecule has 2 atom stereocenters. The molecule has 1 heterocycles. The van der Waals surface area contributed by atoms with Crippen molar-refractivity contribution in [2.24, 2.45) is 5.73 Å². The van der Waals surface area contributed by atoms with E-state index in [0.717, 1.165) is 11.3 Å². The minimum Gasteiger partial charge on any atom is -0.370 e. The maximum absolute atomic E-state index is 12.4. The van der Waals surface area contributed by atoms with Crippen molar-refractivity contribution in [1.82, 2.24) is 4.90 Å². The van der Waals surface area contributed by atoms with Crippen LogP contribution in [0.1, 0.15) is 18.1 Å². The van der Waals surface area contributed by atoms with Gasteiger partial charge in [-0.1, -0.05) is 29.8 Å². The molecule has 0 radical (unpaired) electrons. The first kappa shape index (κ1) is 16.6. The summed E-state index contributed by atoms with van der Waals surface area (Å²) in [4.78, 5) is 14.2. The van der Waals surface area contributed by atoms with Crippen molar-refractivity contribution in [3.63, 3.8) is 0 Å². The number of nitrogens with zero attached hydrogens (tertiary/aromatic N) is 1. The highest BCUT2D eigenvalue weighted by Crippen LogP contribution is 2.28. The monoisotopic (exact) mass is 328 g/mol. The minimum atomic E-state index is -0.428. The number of hydrogen-bond acceptors (Lipinski definition) is 4. The van der Waals surface area contributed by atoms with E-state index in [9.17, 15) is 4.79 Å². The Morgan fingerprint density at radius 3 is 3.05 bits per heavy atom. The Labute approximate surface area is 135 Å². The molecule has 4 nitrogen and oxygen atoms in total. The van der Waals surface area contributed by atoms with Gasteiger partial charge in [0.25, 0.3) is 0 Å². The lowest BCUT2D eigenvalue weighted by atomic mass is 10.1. The van der Waals surface area contributed by atoms with Crippen LogP contribution in [0.4, 0.5) is 0 Å². The molecule has 116 valence electrons. The Hall–Kier alpha value is -0.750. The van der Waals surface area contributed by atoms with E-state index in [2.05, 4.69) is 0 Å². The zero-order chi connectivity index (χ0) is 15.2. The molecule has 21 heavy (non-hydrogen) atoms. The van der Waals surface area contributed by atoms with Gasteiger partial charge in [0, 0.05) is 17.1 Å². The van der Waals surface area contributed by atoms with Crippen LogP contribution in [0, 0.1) is 0 Å². The van der Waals surface area contributed by atoms with Gasteiger partial charge in [-0.05, 0) is 24.5 Å². The second-order valence-electron chi connectivity index (χ2n) is 5.05. The number of ether oxygens (including phenoxy) is 1. The van der Waals surface area contributed by atoms with E-state index in [1.54, 1.807) is 16.7 Å². The fraction of sp³-hybridized carbons (Fsp3) is 0.533. The normalized spacial score (nSPS) is 20.3. The van der Waals surface area contributed by atoms with E-state index in [1.165, 1.54) is 0 Å². The molecule has 1 aromatic carbocycles. The summed E-state index contributed by atoms with van der Waals surface area (Å²) in [6.07, 6.45) is 2.54. The average molecular weight is 329 g/mol. The summed E-state index contributed by atoms with van der Waals surface area (Å²) >= 11 is 7.91. The van der Waals surface area contributed by atoms with Gasteiger partial charge in [-0.15, -0.1) is 0 Å². The number of carbonyl (C=O) groups is 1. The molecule has 6 heteroatoms. The van der Waals surface area contributed by atoms with Crippen LogP contribution in [0.2, 0.25) is 5.02 Å². The third-order valence-electron chi connectivity index (χ3n) is 3.58. The summed E-state index contributed by atoms with van der Waals surface area (Å²) in [5.41, 5.74) is 6.90. The predicted octanol–water partition coefficient (Wildman–Crippen LogP) is 2.32. The SMILES string of the molecule is CSCC[C@H](N)C(=O)N1CCO[C@H](c2ccccc2Cl)C1. The molecule has 0 aromatic heterocycles. The standard InChI is InChI=1S/C15H21ClN2O2S/c1-21-9-6-13(17)15(19)18-7-8-20-14(10-18)11-4-2-3-5-12(11)16/h2-5,13-14H,6-10,17H2,1H3/t13-,14-/m0/s1. The molecular weight excluding hydrogens is 308 g/mol. The van der Waals surface area contributed by atoms with E-state index in [1.807, 2.05) is 30.5 Å². The average Bonchev–Trinajstić information content (AvgIpc) is 2.52. The minimum absolute atomic E-state index is 0.00408. The first-order valence-electron chi connectivity index (χ1n) is 7.02. The number of morpholine rings is 1. The molecule has 0 unspecified atom stereocenters. The molecule has 1 amide bonds. The Balaban J connectivity index is 2.00. The Bertz CT molecular complexity index is 486. The van der Waals surface area contributed by atoms with Gasteiger partial charge in [0.1, 0.15) is 6.10 Å². The summed E-state index contributed by atoms with van der Waals surface area (Å²) < 4.78 is 5.76. The molecule has 2 rings (SSSR count). The van der Waals surface area contributed by atoms with Crippen molar-refractivity contribution >= 4 is 29.3 Å². The van der Waals surface area contributed by atoms with Gasteiger partial charge in [-0.25, -0.2) is 0 Å². The number of amides is 1. The van der Waals surface area contributed by atoms with Gasteiger partial charge >= 0.3 is 0 Å². The summed E-state index contributed by atoms with van der Waals surface area (Å²) in [5.74, 6) is 0.898. The van der Waals surface area contributed by atoms with Crippen LogP contribution in [0.5, 0.6) is 0 Å². The molecule has 0 aliphatic carbocycles. The second-order valence-corrected chi connectivity index (χ2v) is 6.45. The molecule has 0 saturated carbocycles. The zero-order valence-corrected chi connectivity index (χ0v) is 13.7. The van der Waals surface area contributed by atoms with Crippen LogP contribution in [0.25, 0.3) is 0 Å². The molecule has 1 saturated heterocycles. The number of rotatable bonds is 5. The van der Waals surface area contributed by atoms with E-state index >= 15 is 0 Å². The number of hydrogen-bond donors (Lipinski definition) is 1. The molecule has 2 N–H and O–H groups in total. The highest BCUT2D eigenvalue weighted by atomic mass is 35.5. The summed E-state index contributed by atoms with van der Waals surface area (Å²) in [6.45, 7) is 1.61. The van der Waals surface area contributed by atoms with Crippen molar-refractivity contribution in [3.8, 4) is 0 Å². The van der Waals surface area contributed by atoms with E-state index in [0.29, 0.717) is 31.1 Å². The number of halogens is 1. The first-order chi connectivity index (χ1) is 10.1. The van der Waals surface area contributed by atoms with Crippen molar-refractivity contribution in [2.45, 2.75) is 18.6 Å². The zero-order valence-electron chi connectivity index (χ0n) is 12.1. The van der Waals surface area contributed by atoms with Gasteiger partial charge in [0.2, 0.25) is 5.91 Å². The topological polar surface area (TPSA) is 55.6 Å². The van der Waals surface area contributed by atoms with Crippen LogP contribution in [-0.2, 0) is 9.53 Å². The van der Waals surface area contributed by atoms with Crippen molar-refractivity contribution in [1.29, 1.82) is 0 Å². The molecule has 1 aromatic rings. The Morgan fingerprint density at radius 1 is 1.57 bits per heavy atom.